The average Bonchev–Trinajstić information content (AvgIpc) is 2.40. The number of carbonyl (C=O) groups is 2. The van der Waals surface area contributed by atoms with Crippen LogP contribution in [-0.2, 0) is 9.59 Å². The maximum atomic E-state index is 11.7. The molecule has 0 rings (SSSR count). The number of carbonyl (C=O) groups excluding carboxylic acids is 2. The molecule has 0 saturated heterocycles. The predicted octanol–water partition coefficient (Wildman–Crippen LogP) is 1.27. The fourth-order valence-corrected chi connectivity index (χ4v) is 1.92. The zero-order valence-corrected chi connectivity index (χ0v) is 12.4. The van der Waals surface area contributed by atoms with Crippen molar-refractivity contribution in [1.82, 2.24) is 10.2 Å². The smallest absolute Gasteiger partial charge is 0.224 e. The summed E-state index contributed by atoms with van der Waals surface area (Å²) in [6.45, 7) is 6.54. The highest BCUT2D eigenvalue weighted by Gasteiger charge is 2.09. The first-order valence-corrected chi connectivity index (χ1v) is 7.40. The molecule has 0 aromatic heterocycles. The van der Waals surface area contributed by atoms with Crippen molar-refractivity contribution >= 4 is 11.8 Å². The molecule has 5 heteroatoms. The second kappa shape index (κ2) is 12.0. The molecule has 3 N–H and O–H groups in total. The molecule has 0 saturated carbocycles. The number of nitrogens with one attached hydrogen (secondary N) is 1. The van der Waals surface area contributed by atoms with Crippen molar-refractivity contribution < 1.29 is 9.59 Å². The van der Waals surface area contributed by atoms with E-state index in [9.17, 15) is 9.59 Å². The zero-order valence-electron chi connectivity index (χ0n) is 12.4. The van der Waals surface area contributed by atoms with E-state index in [1.165, 1.54) is 0 Å². The molecular weight excluding hydrogens is 242 g/mol. The average molecular weight is 271 g/mol. The summed E-state index contributed by atoms with van der Waals surface area (Å²) >= 11 is 0. The third-order valence-electron chi connectivity index (χ3n) is 3.14. The van der Waals surface area contributed by atoms with E-state index in [0.29, 0.717) is 19.4 Å². The van der Waals surface area contributed by atoms with Crippen LogP contribution in [0.15, 0.2) is 0 Å². The van der Waals surface area contributed by atoms with Gasteiger partial charge in [0.1, 0.15) is 0 Å². The van der Waals surface area contributed by atoms with Gasteiger partial charge in [-0.2, -0.15) is 0 Å². The van der Waals surface area contributed by atoms with Crippen LogP contribution in [0.25, 0.3) is 0 Å². The van der Waals surface area contributed by atoms with Crippen LogP contribution in [0.1, 0.15) is 52.4 Å². The van der Waals surface area contributed by atoms with Crippen molar-refractivity contribution in [1.29, 1.82) is 0 Å². The van der Waals surface area contributed by atoms with Gasteiger partial charge in [-0.05, 0) is 33.2 Å². The lowest BCUT2D eigenvalue weighted by atomic mass is 10.1. The van der Waals surface area contributed by atoms with Gasteiger partial charge in [0.2, 0.25) is 11.8 Å². The lowest BCUT2D eigenvalue weighted by molar-refractivity contribution is -0.130. The number of hydrogen-bond donors (Lipinski definition) is 2. The van der Waals surface area contributed by atoms with Crippen molar-refractivity contribution in [2.24, 2.45) is 5.73 Å². The molecule has 0 aliphatic carbocycles. The van der Waals surface area contributed by atoms with E-state index in [1.54, 1.807) is 4.90 Å². The summed E-state index contributed by atoms with van der Waals surface area (Å²) in [5.41, 5.74) is 5.40. The molecule has 2 amide bonds. The Hall–Kier alpha value is -1.10. The number of hydrogen-bond acceptors (Lipinski definition) is 3. The third-order valence-corrected chi connectivity index (χ3v) is 3.14. The summed E-state index contributed by atoms with van der Waals surface area (Å²) in [5, 5.41) is 2.80. The molecule has 0 aromatic rings. The first-order valence-electron chi connectivity index (χ1n) is 7.40. The van der Waals surface area contributed by atoms with E-state index in [1.807, 2.05) is 13.8 Å². The number of nitrogens with zero attached hydrogens (tertiary/aromatic N) is 1. The molecule has 0 spiro atoms. The Morgan fingerprint density at radius 2 is 1.63 bits per heavy atom. The van der Waals surface area contributed by atoms with Gasteiger partial charge in [-0.25, -0.2) is 0 Å². The molecule has 0 bridgehead atoms. The Bertz CT molecular complexity index is 253. The highest BCUT2D eigenvalue weighted by molar-refractivity contribution is 5.79. The van der Waals surface area contributed by atoms with Crippen LogP contribution in [0, 0.1) is 0 Å². The van der Waals surface area contributed by atoms with Gasteiger partial charge in [0.15, 0.2) is 0 Å². The van der Waals surface area contributed by atoms with Crippen LogP contribution >= 0.6 is 0 Å². The van der Waals surface area contributed by atoms with Crippen molar-refractivity contribution in [2.45, 2.75) is 52.4 Å². The molecule has 0 atom stereocenters. The molecule has 0 aliphatic rings. The van der Waals surface area contributed by atoms with Gasteiger partial charge in [-0.3, -0.25) is 9.59 Å². The van der Waals surface area contributed by atoms with Crippen LogP contribution in [0.4, 0.5) is 0 Å². The Morgan fingerprint density at radius 1 is 1.00 bits per heavy atom. The van der Waals surface area contributed by atoms with E-state index >= 15 is 0 Å². The third kappa shape index (κ3) is 9.47. The van der Waals surface area contributed by atoms with Gasteiger partial charge in [0, 0.05) is 32.5 Å². The van der Waals surface area contributed by atoms with Crippen LogP contribution in [-0.4, -0.2) is 42.9 Å². The number of nitrogens with two attached hydrogens (primary N) is 1. The summed E-state index contributed by atoms with van der Waals surface area (Å²) in [6.07, 6.45) is 4.99. The monoisotopic (exact) mass is 271 g/mol. The molecule has 112 valence electrons. The summed E-state index contributed by atoms with van der Waals surface area (Å²) < 4.78 is 0. The lowest BCUT2D eigenvalue weighted by Gasteiger charge is -2.18. The first kappa shape index (κ1) is 17.9. The standard InChI is InChI=1S/C14H29N3O2/c1-3-17(4-2)14(19)10-12-16-13(18)9-7-5-6-8-11-15/h3-12,15H2,1-2H3,(H,16,18). The molecule has 19 heavy (non-hydrogen) atoms. The topological polar surface area (TPSA) is 75.4 Å². The quantitative estimate of drug-likeness (QED) is 0.556. The second-order valence-electron chi connectivity index (χ2n) is 4.62. The zero-order chi connectivity index (χ0) is 14.5. The van der Waals surface area contributed by atoms with E-state index in [4.69, 9.17) is 5.73 Å². The van der Waals surface area contributed by atoms with Crippen LogP contribution in [0.2, 0.25) is 0 Å². The van der Waals surface area contributed by atoms with Gasteiger partial charge in [0.25, 0.3) is 0 Å². The van der Waals surface area contributed by atoms with E-state index in [2.05, 4.69) is 5.32 Å². The minimum atomic E-state index is 0.0418. The van der Waals surface area contributed by atoms with E-state index < -0.39 is 0 Å². The van der Waals surface area contributed by atoms with Gasteiger partial charge in [-0.15, -0.1) is 0 Å². The van der Waals surface area contributed by atoms with Crippen LogP contribution in [0.3, 0.4) is 0 Å². The molecule has 5 nitrogen and oxygen atoms in total. The molecule has 0 radical (unpaired) electrons. The second-order valence-corrected chi connectivity index (χ2v) is 4.62. The summed E-state index contributed by atoms with van der Waals surface area (Å²) in [6, 6.07) is 0. The summed E-state index contributed by atoms with van der Waals surface area (Å²) in [4.78, 5) is 25.0. The first-order chi connectivity index (χ1) is 9.15. The molecule has 0 heterocycles. The van der Waals surface area contributed by atoms with Crippen molar-refractivity contribution in [3.05, 3.63) is 0 Å². The number of rotatable bonds is 11. The van der Waals surface area contributed by atoms with Crippen molar-refractivity contribution in [3.8, 4) is 0 Å². The Labute approximate surface area is 116 Å². The molecular formula is C14H29N3O2. The fraction of sp³-hybridized carbons (Fsp3) is 0.857. The summed E-state index contributed by atoms with van der Waals surface area (Å²) in [5.74, 6) is 0.147. The van der Waals surface area contributed by atoms with E-state index in [-0.39, 0.29) is 11.8 Å². The highest BCUT2D eigenvalue weighted by atomic mass is 16.2. The van der Waals surface area contributed by atoms with E-state index in [0.717, 1.165) is 45.3 Å². The van der Waals surface area contributed by atoms with Gasteiger partial charge >= 0.3 is 0 Å². The Kier molecular flexibility index (Phi) is 11.3. The van der Waals surface area contributed by atoms with Crippen molar-refractivity contribution in [2.75, 3.05) is 26.2 Å². The normalized spacial score (nSPS) is 10.3. The predicted molar refractivity (Wildman–Crippen MR) is 77.7 cm³/mol. The Morgan fingerprint density at radius 3 is 2.21 bits per heavy atom. The number of unbranched alkanes of at least 4 members (excludes halogenated alkanes) is 3. The largest absolute Gasteiger partial charge is 0.356 e. The molecule has 0 unspecified atom stereocenters. The van der Waals surface area contributed by atoms with Gasteiger partial charge in [0.05, 0.1) is 0 Å². The number of amides is 2. The summed E-state index contributed by atoms with van der Waals surface area (Å²) in [7, 11) is 0. The highest BCUT2D eigenvalue weighted by Crippen LogP contribution is 2.02. The molecule has 0 aliphatic heterocycles. The Balaban J connectivity index is 3.55. The fourth-order valence-electron chi connectivity index (χ4n) is 1.92. The van der Waals surface area contributed by atoms with Crippen LogP contribution in [0.5, 0.6) is 0 Å². The SMILES string of the molecule is CCN(CC)C(=O)CCNC(=O)CCCCCCN. The molecule has 0 fully saturated rings. The van der Waals surface area contributed by atoms with Gasteiger partial charge < -0.3 is 16.0 Å². The maximum Gasteiger partial charge on any atom is 0.224 e. The van der Waals surface area contributed by atoms with Crippen molar-refractivity contribution in [3.63, 3.8) is 0 Å². The van der Waals surface area contributed by atoms with Gasteiger partial charge in [-0.1, -0.05) is 12.8 Å². The minimum absolute atomic E-state index is 0.0418. The lowest BCUT2D eigenvalue weighted by Crippen LogP contribution is -2.34. The van der Waals surface area contributed by atoms with Crippen LogP contribution < -0.4 is 11.1 Å². The maximum absolute atomic E-state index is 11.7. The molecule has 0 aromatic carbocycles. The minimum Gasteiger partial charge on any atom is -0.356 e.